The standard InChI is InChI=1S/C23H22O2/c1-4-10-19(11-5-1)23(18-24-16-22-17-25-22,20-12-6-2-7-13-20)21-14-8-3-9-15-21/h1-15,22H,16-18H2/t22-/m1/s1. The van der Waals surface area contributed by atoms with Crippen molar-refractivity contribution in [2.45, 2.75) is 11.5 Å². The molecule has 0 aromatic heterocycles. The zero-order chi connectivity index (χ0) is 17.0. The fourth-order valence-electron chi connectivity index (χ4n) is 3.43. The van der Waals surface area contributed by atoms with Crippen LogP contribution in [0.5, 0.6) is 0 Å². The third-order valence-electron chi connectivity index (χ3n) is 4.82. The Balaban J connectivity index is 1.84. The summed E-state index contributed by atoms with van der Waals surface area (Å²) >= 11 is 0. The van der Waals surface area contributed by atoms with Gasteiger partial charge in [-0.1, -0.05) is 91.0 Å². The Labute approximate surface area is 149 Å². The Morgan fingerprint density at radius 2 is 1.12 bits per heavy atom. The van der Waals surface area contributed by atoms with E-state index < -0.39 is 0 Å². The summed E-state index contributed by atoms with van der Waals surface area (Å²) in [6.45, 7) is 2.05. The lowest BCUT2D eigenvalue weighted by atomic mass is 9.70. The van der Waals surface area contributed by atoms with E-state index in [4.69, 9.17) is 9.47 Å². The van der Waals surface area contributed by atoms with Gasteiger partial charge in [0.25, 0.3) is 0 Å². The summed E-state index contributed by atoms with van der Waals surface area (Å²) in [7, 11) is 0. The number of hydrogen-bond acceptors (Lipinski definition) is 2. The van der Waals surface area contributed by atoms with E-state index in [1.807, 2.05) is 0 Å². The summed E-state index contributed by atoms with van der Waals surface area (Å²) in [5, 5.41) is 0. The molecule has 4 rings (SSSR count). The van der Waals surface area contributed by atoms with E-state index in [1.54, 1.807) is 0 Å². The van der Waals surface area contributed by atoms with Gasteiger partial charge in [-0.2, -0.15) is 0 Å². The van der Waals surface area contributed by atoms with E-state index in [-0.39, 0.29) is 11.5 Å². The molecule has 0 aliphatic carbocycles. The van der Waals surface area contributed by atoms with Crippen molar-refractivity contribution in [2.24, 2.45) is 0 Å². The van der Waals surface area contributed by atoms with Gasteiger partial charge in [0.15, 0.2) is 0 Å². The second-order valence-corrected chi connectivity index (χ2v) is 6.47. The lowest BCUT2D eigenvalue weighted by Gasteiger charge is -2.35. The number of benzene rings is 3. The van der Waals surface area contributed by atoms with Crippen LogP contribution in [0.2, 0.25) is 0 Å². The van der Waals surface area contributed by atoms with Crippen LogP contribution in [0.3, 0.4) is 0 Å². The summed E-state index contributed by atoms with van der Waals surface area (Å²) in [5.74, 6) is 0. The maximum Gasteiger partial charge on any atom is 0.104 e. The molecule has 0 unspecified atom stereocenters. The first-order chi connectivity index (χ1) is 12.4. The molecule has 0 bridgehead atoms. The number of hydrogen-bond donors (Lipinski definition) is 0. The van der Waals surface area contributed by atoms with E-state index in [9.17, 15) is 0 Å². The van der Waals surface area contributed by atoms with Crippen LogP contribution in [0.25, 0.3) is 0 Å². The van der Waals surface area contributed by atoms with Crippen LogP contribution in [-0.4, -0.2) is 25.9 Å². The van der Waals surface area contributed by atoms with Gasteiger partial charge in [0.1, 0.15) is 6.10 Å². The Morgan fingerprint density at radius 3 is 1.48 bits per heavy atom. The van der Waals surface area contributed by atoms with E-state index in [1.165, 1.54) is 16.7 Å². The fraction of sp³-hybridized carbons (Fsp3) is 0.217. The summed E-state index contributed by atoms with van der Waals surface area (Å²) in [6.07, 6.45) is 0.264. The Hall–Kier alpha value is -2.42. The fourth-order valence-corrected chi connectivity index (χ4v) is 3.43. The highest BCUT2D eigenvalue weighted by Gasteiger charge is 2.37. The average molecular weight is 330 g/mol. The van der Waals surface area contributed by atoms with Crippen LogP contribution in [0.15, 0.2) is 91.0 Å². The first-order valence-corrected chi connectivity index (χ1v) is 8.75. The SMILES string of the molecule is c1ccc(C(COC[C@@H]2CO2)(c2ccccc2)c2ccccc2)cc1. The van der Waals surface area contributed by atoms with Crippen molar-refractivity contribution in [3.8, 4) is 0 Å². The van der Waals surface area contributed by atoms with Crippen LogP contribution in [0.1, 0.15) is 16.7 Å². The molecule has 2 nitrogen and oxygen atoms in total. The van der Waals surface area contributed by atoms with Crippen LogP contribution in [0.4, 0.5) is 0 Å². The molecule has 2 heteroatoms. The van der Waals surface area contributed by atoms with Crippen molar-refractivity contribution in [3.05, 3.63) is 108 Å². The molecule has 1 atom stereocenters. The molecule has 1 aliphatic heterocycles. The van der Waals surface area contributed by atoms with Crippen molar-refractivity contribution in [1.29, 1.82) is 0 Å². The predicted molar refractivity (Wildman–Crippen MR) is 99.8 cm³/mol. The maximum absolute atomic E-state index is 6.16. The zero-order valence-electron chi connectivity index (χ0n) is 14.2. The second-order valence-electron chi connectivity index (χ2n) is 6.47. The largest absolute Gasteiger partial charge is 0.377 e. The number of ether oxygens (including phenoxy) is 2. The minimum absolute atomic E-state index is 0.264. The van der Waals surface area contributed by atoms with Gasteiger partial charge in [-0.25, -0.2) is 0 Å². The van der Waals surface area contributed by atoms with E-state index >= 15 is 0 Å². The smallest absolute Gasteiger partial charge is 0.104 e. The molecule has 0 amide bonds. The van der Waals surface area contributed by atoms with Gasteiger partial charge in [0, 0.05) is 0 Å². The van der Waals surface area contributed by atoms with Gasteiger partial charge in [0.2, 0.25) is 0 Å². The van der Waals surface area contributed by atoms with Crippen molar-refractivity contribution < 1.29 is 9.47 Å². The molecule has 0 N–H and O–H groups in total. The summed E-state index contributed by atoms with van der Waals surface area (Å²) in [5.41, 5.74) is 3.39. The van der Waals surface area contributed by atoms with Crippen molar-refractivity contribution in [2.75, 3.05) is 19.8 Å². The van der Waals surface area contributed by atoms with Gasteiger partial charge >= 0.3 is 0 Å². The highest BCUT2D eigenvalue weighted by molar-refractivity contribution is 5.50. The molecule has 0 radical (unpaired) electrons. The third-order valence-corrected chi connectivity index (χ3v) is 4.82. The highest BCUT2D eigenvalue weighted by atomic mass is 16.6. The van der Waals surface area contributed by atoms with E-state index in [2.05, 4.69) is 91.0 Å². The molecule has 25 heavy (non-hydrogen) atoms. The summed E-state index contributed by atoms with van der Waals surface area (Å²) < 4.78 is 11.5. The highest BCUT2D eigenvalue weighted by Crippen LogP contribution is 2.39. The molecular weight excluding hydrogens is 308 g/mol. The molecular formula is C23H22O2. The van der Waals surface area contributed by atoms with Crippen molar-refractivity contribution in [1.82, 2.24) is 0 Å². The van der Waals surface area contributed by atoms with E-state index in [0.29, 0.717) is 13.2 Å². The van der Waals surface area contributed by atoms with Gasteiger partial charge in [-0.3, -0.25) is 0 Å². The molecule has 3 aromatic rings. The average Bonchev–Trinajstić information content (AvgIpc) is 3.52. The number of rotatable bonds is 7. The molecule has 1 aliphatic rings. The van der Waals surface area contributed by atoms with Crippen LogP contribution in [-0.2, 0) is 14.9 Å². The lowest BCUT2D eigenvalue weighted by Crippen LogP contribution is -2.35. The molecule has 1 fully saturated rings. The molecule has 0 saturated carbocycles. The molecule has 3 aromatic carbocycles. The second kappa shape index (κ2) is 7.22. The monoisotopic (exact) mass is 330 g/mol. The molecule has 0 spiro atoms. The first-order valence-electron chi connectivity index (χ1n) is 8.75. The summed E-state index contributed by atoms with van der Waals surface area (Å²) in [6, 6.07) is 31.9. The van der Waals surface area contributed by atoms with Crippen molar-refractivity contribution >= 4 is 0 Å². The van der Waals surface area contributed by atoms with Gasteiger partial charge in [-0.05, 0) is 16.7 Å². The Morgan fingerprint density at radius 1 is 0.720 bits per heavy atom. The summed E-state index contributed by atoms with van der Waals surface area (Å²) in [4.78, 5) is 0. The maximum atomic E-state index is 6.16. The van der Waals surface area contributed by atoms with Crippen LogP contribution >= 0.6 is 0 Å². The first kappa shape index (κ1) is 16.1. The van der Waals surface area contributed by atoms with Gasteiger partial charge in [0.05, 0.1) is 25.2 Å². The molecule has 1 heterocycles. The molecule has 1 saturated heterocycles. The zero-order valence-corrected chi connectivity index (χ0v) is 14.2. The van der Waals surface area contributed by atoms with Crippen LogP contribution in [0, 0.1) is 0 Å². The normalized spacial score (nSPS) is 16.6. The van der Waals surface area contributed by atoms with Gasteiger partial charge in [-0.15, -0.1) is 0 Å². The lowest BCUT2D eigenvalue weighted by molar-refractivity contribution is 0.0930. The third kappa shape index (κ3) is 3.37. The minimum atomic E-state index is -0.335. The molecule has 126 valence electrons. The topological polar surface area (TPSA) is 21.8 Å². The van der Waals surface area contributed by atoms with Crippen LogP contribution < -0.4 is 0 Å². The predicted octanol–water partition coefficient (Wildman–Crippen LogP) is 4.44. The van der Waals surface area contributed by atoms with Gasteiger partial charge < -0.3 is 9.47 Å². The van der Waals surface area contributed by atoms with Crippen molar-refractivity contribution in [3.63, 3.8) is 0 Å². The number of epoxide rings is 1. The Kier molecular flexibility index (Phi) is 4.64. The Bertz CT molecular complexity index is 683. The quantitative estimate of drug-likeness (QED) is 0.472. The minimum Gasteiger partial charge on any atom is -0.377 e. The van der Waals surface area contributed by atoms with E-state index in [0.717, 1.165) is 6.61 Å².